The van der Waals surface area contributed by atoms with Crippen LogP contribution in [0.1, 0.15) is 43.7 Å². The highest BCUT2D eigenvalue weighted by Gasteiger charge is 2.09. The van der Waals surface area contributed by atoms with E-state index in [4.69, 9.17) is 0 Å². The number of carbonyl (C=O) groups is 1. The Morgan fingerprint density at radius 1 is 1.10 bits per heavy atom. The number of amides is 1. The van der Waals surface area contributed by atoms with Gasteiger partial charge in [0, 0.05) is 19.5 Å². The lowest BCUT2D eigenvalue weighted by Crippen LogP contribution is -2.37. The van der Waals surface area contributed by atoms with E-state index in [1.165, 1.54) is 43.5 Å². The smallest absolute Gasteiger partial charge is 0.220 e. The topological polar surface area (TPSA) is 32.3 Å². The van der Waals surface area contributed by atoms with Crippen LogP contribution in [-0.4, -0.2) is 37.0 Å². The van der Waals surface area contributed by atoms with Crippen molar-refractivity contribution in [2.24, 2.45) is 0 Å². The molecule has 1 amide bonds. The summed E-state index contributed by atoms with van der Waals surface area (Å²) in [7, 11) is 0. The van der Waals surface area contributed by atoms with E-state index in [0.29, 0.717) is 6.42 Å². The molecule has 1 aliphatic heterocycles. The van der Waals surface area contributed by atoms with E-state index in [2.05, 4.69) is 41.4 Å². The van der Waals surface area contributed by atoms with E-state index < -0.39 is 0 Å². The SMILES string of the molecule is CCc1ccc(CCC(=O)NCCN2CCCCC2)cc1. The molecule has 1 N–H and O–H groups in total. The third-order valence-electron chi connectivity index (χ3n) is 4.27. The number of likely N-dealkylation sites (tertiary alicyclic amines) is 1. The van der Waals surface area contributed by atoms with E-state index in [0.717, 1.165) is 25.9 Å². The fraction of sp³-hybridized carbons (Fsp3) is 0.611. The quantitative estimate of drug-likeness (QED) is 0.837. The summed E-state index contributed by atoms with van der Waals surface area (Å²) in [6, 6.07) is 8.59. The van der Waals surface area contributed by atoms with Crippen LogP contribution >= 0.6 is 0 Å². The normalized spacial score (nSPS) is 15.9. The highest BCUT2D eigenvalue weighted by atomic mass is 16.1. The third kappa shape index (κ3) is 5.88. The van der Waals surface area contributed by atoms with Crippen molar-refractivity contribution in [1.82, 2.24) is 10.2 Å². The van der Waals surface area contributed by atoms with Crippen LogP contribution in [-0.2, 0) is 17.6 Å². The monoisotopic (exact) mass is 288 g/mol. The summed E-state index contributed by atoms with van der Waals surface area (Å²) in [5.74, 6) is 0.173. The van der Waals surface area contributed by atoms with Gasteiger partial charge in [0.1, 0.15) is 0 Å². The Kier molecular flexibility index (Phi) is 6.74. The molecule has 116 valence electrons. The second kappa shape index (κ2) is 8.83. The van der Waals surface area contributed by atoms with Crippen LogP contribution in [0.2, 0.25) is 0 Å². The minimum absolute atomic E-state index is 0.173. The van der Waals surface area contributed by atoms with Crippen LogP contribution < -0.4 is 5.32 Å². The largest absolute Gasteiger partial charge is 0.355 e. The van der Waals surface area contributed by atoms with Gasteiger partial charge in [-0.05, 0) is 49.9 Å². The van der Waals surface area contributed by atoms with Gasteiger partial charge in [-0.15, -0.1) is 0 Å². The average molecular weight is 288 g/mol. The molecule has 0 radical (unpaired) electrons. The van der Waals surface area contributed by atoms with Crippen LogP contribution in [0.5, 0.6) is 0 Å². The predicted octanol–water partition coefficient (Wildman–Crippen LogP) is 2.78. The zero-order valence-electron chi connectivity index (χ0n) is 13.2. The molecule has 1 aromatic carbocycles. The van der Waals surface area contributed by atoms with Crippen molar-refractivity contribution in [3.63, 3.8) is 0 Å². The Hall–Kier alpha value is -1.35. The van der Waals surface area contributed by atoms with E-state index >= 15 is 0 Å². The maximum Gasteiger partial charge on any atom is 0.220 e. The highest BCUT2D eigenvalue weighted by molar-refractivity contribution is 5.76. The first-order chi connectivity index (χ1) is 10.3. The van der Waals surface area contributed by atoms with Gasteiger partial charge in [-0.2, -0.15) is 0 Å². The van der Waals surface area contributed by atoms with Crippen molar-refractivity contribution >= 4 is 5.91 Å². The number of piperidine rings is 1. The number of rotatable bonds is 7. The Balaban J connectivity index is 1.60. The van der Waals surface area contributed by atoms with Crippen molar-refractivity contribution in [3.05, 3.63) is 35.4 Å². The lowest BCUT2D eigenvalue weighted by atomic mass is 10.1. The molecule has 1 saturated heterocycles. The summed E-state index contributed by atoms with van der Waals surface area (Å²) >= 11 is 0. The van der Waals surface area contributed by atoms with Gasteiger partial charge in [0.2, 0.25) is 5.91 Å². The first-order valence-electron chi connectivity index (χ1n) is 8.35. The van der Waals surface area contributed by atoms with Gasteiger partial charge in [-0.25, -0.2) is 0 Å². The number of nitrogens with one attached hydrogen (secondary N) is 1. The van der Waals surface area contributed by atoms with Crippen molar-refractivity contribution in [3.8, 4) is 0 Å². The lowest BCUT2D eigenvalue weighted by molar-refractivity contribution is -0.121. The summed E-state index contributed by atoms with van der Waals surface area (Å²) in [5, 5.41) is 3.04. The summed E-state index contributed by atoms with van der Waals surface area (Å²) in [5.41, 5.74) is 2.60. The lowest BCUT2D eigenvalue weighted by Gasteiger charge is -2.26. The van der Waals surface area contributed by atoms with E-state index in [1.54, 1.807) is 0 Å². The summed E-state index contributed by atoms with van der Waals surface area (Å²) in [6.07, 6.45) is 6.46. The maximum atomic E-state index is 11.9. The number of nitrogens with zero attached hydrogens (tertiary/aromatic N) is 1. The molecule has 1 aromatic rings. The van der Waals surface area contributed by atoms with Gasteiger partial charge in [-0.1, -0.05) is 37.6 Å². The molecule has 1 heterocycles. The van der Waals surface area contributed by atoms with Crippen molar-refractivity contribution < 1.29 is 4.79 Å². The average Bonchev–Trinajstić information content (AvgIpc) is 2.54. The third-order valence-corrected chi connectivity index (χ3v) is 4.27. The molecule has 0 saturated carbocycles. The van der Waals surface area contributed by atoms with E-state index in [1.807, 2.05) is 0 Å². The molecule has 0 aliphatic carbocycles. The van der Waals surface area contributed by atoms with Crippen molar-refractivity contribution in [2.75, 3.05) is 26.2 Å². The number of aryl methyl sites for hydroxylation is 2. The number of hydrogen-bond acceptors (Lipinski definition) is 2. The molecule has 21 heavy (non-hydrogen) atoms. The fourth-order valence-corrected chi connectivity index (χ4v) is 2.82. The van der Waals surface area contributed by atoms with Crippen molar-refractivity contribution in [1.29, 1.82) is 0 Å². The molecule has 0 unspecified atom stereocenters. The number of benzene rings is 1. The van der Waals surface area contributed by atoms with Gasteiger partial charge in [0.25, 0.3) is 0 Å². The van der Waals surface area contributed by atoms with E-state index in [9.17, 15) is 4.79 Å². The van der Waals surface area contributed by atoms with Gasteiger partial charge < -0.3 is 10.2 Å². The molecule has 0 atom stereocenters. The molecule has 3 heteroatoms. The van der Waals surface area contributed by atoms with Crippen LogP contribution in [0, 0.1) is 0 Å². The van der Waals surface area contributed by atoms with Crippen LogP contribution in [0.15, 0.2) is 24.3 Å². The molecule has 0 spiro atoms. The van der Waals surface area contributed by atoms with E-state index in [-0.39, 0.29) is 5.91 Å². The van der Waals surface area contributed by atoms with Crippen LogP contribution in [0.4, 0.5) is 0 Å². The molecular weight excluding hydrogens is 260 g/mol. The minimum atomic E-state index is 0.173. The Bertz CT molecular complexity index is 421. The van der Waals surface area contributed by atoms with Crippen LogP contribution in [0.3, 0.4) is 0 Å². The Morgan fingerprint density at radius 2 is 1.76 bits per heavy atom. The zero-order chi connectivity index (χ0) is 14.9. The second-order valence-electron chi connectivity index (χ2n) is 5.92. The minimum Gasteiger partial charge on any atom is -0.355 e. The Labute approximate surface area is 128 Å². The summed E-state index contributed by atoms with van der Waals surface area (Å²) in [6.45, 7) is 6.33. The van der Waals surface area contributed by atoms with Gasteiger partial charge in [0.15, 0.2) is 0 Å². The number of carbonyl (C=O) groups excluding carboxylic acids is 1. The molecule has 0 bridgehead atoms. The Morgan fingerprint density at radius 3 is 2.43 bits per heavy atom. The summed E-state index contributed by atoms with van der Waals surface area (Å²) in [4.78, 5) is 14.3. The fourth-order valence-electron chi connectivity index (χ4n) is 2.82. The molecule has 2 rings (SSSR count). The number of hydrogen-bond donors (Lipinski definition) is 1. The molecule has 1 aliphatic rings. The van der Waals surface area contributed by atoms with Crippen LogP contribution in [0.25, 0.3) is 0 Å². The summed E-state index contributed by atoms with van der Waals surface area (Å²) < 4.78 is 0. The van der Waals surface area contributed by atoms with Crippen molar-refractivity contribution in [2.45, 2.75) is 45.4 Å². The zero-order valence-corrected chi connectivity index (χ0v) is 13.2. The maximum absolute atomic E-state index is 11.9. The first-order valence-corrected chi connectivity index (χ1v) is 8.35. The van der Waals surface area contributed by atoms with Gasteiger partial charge in [0.05, 0.1) is 0 Å². The van der Waals surface area contributed by atoms with Gasteiger partial charge >= 0.3 is 0 Å². The molecule has 0 aromatic heterocycles. The first kappa shape index (κ1) is 16.0. The highest BCUT2D eigenvalue weighted by Crippen LogP contribution is 2.08. The predicted molar refractivity (Wildman–Crippen MR) is 87.4 cm³/mol. The second-order valence-corrected chi connectivity index (χ2v) is 5.92. The molecule has 1 fully saturated rings. The van der Waals surface area contributed by atoms with Gasteiger partial charge in [-0.3, -0.25) is 4.79 Å². The molecule has 3 nitrogen and oxygen atoms in total. The molecular formula is C18H28N2O. The standard InChI is InChI=1S/C18H28N2O/c1-2-16-6-8-17(9-7-16)10-11-18(21)19-12-15-20-13-4-3-5-14-20/h6-9H,2-5,10-15H2,1H3,(H,19,21).